The molecule has 0 fully saturated rings. The number of phenolic OH excluding ortho intramolecular Hbond substituents is 1. The summed E-state index contributed by atoms with van der Waals surface area (Å²) in [6.07, 6.45) is 4.55. The largest absolute Gasteiger partial charge is 0.506 e. The van der Waals surface area contributed by atoms with Gasteiger partial charge in [-0.1, -0.05) is 23.2 Å². The van der Waals surface area contributed by atoms with Crippen LogP contribution in [0.3, 0.4) is 0 Å². The van der Waals surface area contributed by atoms with Gasteiger partial charge in [0.05, 0.1) is 10.6 Å². The maximum absolute atomic E-state index is 9.90. The number of hydrogen-bond donors (Lipinski definition) is 1. The Morgan fingerprint density at radius 3 is 2.90 bits per heavy atom. The van der Waals surface area contributed by atoms with Crippen LogP contribution in [0.5, 0.6) is 5.75 Å². The number of halogens is 2. The summed E-state index contributed by atoms with van der Waals surface area (Å²) in [6.45, 7) is 0. The van der Waals surface area contributed by atoms with Crippen LogP contribution in [0.4, 0.5) is 5.00 Å². The number of benzene rings is 1. The zero-order valence-electron chi connectivity index (χ0n) is 10.9. The van der Waals surface area contributed by atoms with Crippen LogP contribution in [0, 0.1) is 11.3 Å². The van der Waals surface area contributed by atoms with Gasteiger partial charge in [-0.25, -0.2) is 4.99 Å². The van der Waals surface area contributed by atoms with Gasteiger partial charge in [-0.15, -0.1) is 11.3 Å². The minimum atomic E-state index is -0.0626. The number of nitriles is 1. The summed E-state index contributed by atoms with van der Waals surface area (Å²) in [6, 6.07) is 5.28. The minimum Gasteiger partial charge on any atom is -0.506 e. The Morgan fingerprint density at radius 1 is 1.33 bits per heavy atom. The Morgan fingerprint density at radius 2 is 2.14 bits per heavy atom. The summed E-state index contributed by atoms with van der Waals surface area (Å²) in [5.41, 5.74) is 2.21. The van der Waals surface area contributed by atoms with E-state index in [-0.39, 0.29) is 10.8 Å². The first-order chi connectivity index (χ1) is 10.1. The lowest BCUT2D eigenvalue weighted by atomic mass is 10.1. The number of thiophene rings is 1. The van der Waals surface area contributed by atoms with Crippen molar-refractivity contribution in [1.82, 2.24) is 0 Å². The van der Waals surface area contributed by atoms with Gasteiger partial charge in [-0.3, -0.25) is 0 Å². The van der Waals surface area contributed by atoms with Crippen molar-refractivity contribution in [2.75, 3.05) is 0 Å². The van der Waals surface area contributed by atoms with Gasteiger partial charge in [0.1, 0.15) is 16.8 Å². The lowest BCUT2D eigenvalue weighted by Gasteiger charge is -2.02. The van der Waals surface area contributed by atoms with Crippen LogP contribution in [-0.2, 0) is 12.8 Å². The molecule has 1 heterocycles. The zero-order chi connectivity index (χ0) is 15.0. The second-order valence-corrected chi connectivity index (χ2v) is 6.66. The molecule has 106 valence electrons. The van der Waals surface area contributed by atoms with Crippen molar-refractivity contribution in [3.05, 3.63) is 43.7 Å². The van der Waals surface area contributed by atoms with Gasteiger partial charge in [0.2, 0.25) is 0 Å². The first-order valence-corrected chi connectivity index (χ1v) is 7.94. The van der Waals surface area contributed by atoms with Crippen LogP contribution in [-0.4, -0.2) is 11.3 Å². The molecule has 0 amide bonds. The summed E-state index contributed by atoms with van der Waals surface area (Å²) in [4.78, 5) is 5.59. The van der Waals surface area contributed by atoms with Crippen LogP contribution < -0.4 is 0 Å². The van der Waals surface area contributed by atoms with Crippen molar-refractivity contribution in [3.8, 4) is 11.8 Å². The first kappa shape index (κ1) is 14.4. The van der Waals surface area contributed by atoms with Gasteiger partial charge in [-0.05, 0) is 37.0 Å². The van der Waals surface area contributed by atoms with E-state index in [0.29, 0.717) is 21.2 Å². The van der Waals surface area contributed by atoms with Gasteiger partial charge < -0.3 is 5.11 Å². The van der Waals surface area contributed by atoms with Crippen molar-refractivity contribution < 1.29 is 5.11 Å². The van der Waals surface area contributed by atoms with Crippen molar-refractivity contribution >= 4 is 45.8 Å². The molecule has 0 atom stereocenters. The average Bonchev–Trinajstić information content (AvgIpc) is 3.01. The Bertz CT molecular complexity index is 790. The highest BCUT2D eigenvalue weighted by atomic mass is 35.5. The van der Waals surface area contributed by atoms with Crippen molar-refractivity contribution in [1.29, 1.82) is 5.26 Å². The highest BCUT2D eigenvalue weighted by Crippen LogP contribution is 2.40. The SMILES string of the molecule is N#Cc1c(/N=C/c2cc(Cl)cc(Cl)c2O)sc2c1CCC2. The van der Waals surface area contributed by atoms with E-state index < -0.39 is 0 Å². The standard InChI is InChI=1S/C15H10Cl2N2OS/c16-9-4-8(14(20)12(17)5-9)7-19-15-11(6-18)10-2-1-3-13(10)21-15/h4-5,7,20H,1-3H2/b19-7+. The lowest BCUT2D eigenvalue weighted by molar-refractivity contribution is 0.475. The molecule has 0 unspecified atom stereocenters. The molecule has 0 bridgehead atoms. The van der Waals surface area contributed by atoms with Gasteiger partial charge in [0.15, 0.2) is 0 Å². The molecule has 0 radical (unpaired) electrons. The molecule has 0 aliphatic heterocycles. The van der Waals surface area contributed by atoms with E-state index in [1.54, 1.807) is 6.07 Å². The number of phenols is 1. The summed E-state index contributed by atoms with van der Waals surface area (Å²) in [5.74, 6) is -0.0626. The number of nitrogens with zero attached hydrogens (tertiary/aromatic N) is 2. The van der Waals surface area contributed by atoms with E-state index in [2.05, 4.69) is 11.1 Å². The molecule has 1 N–H and O–H groups in total. The fraction of sp³-hybridized carbons (Fsp3) is 0.200. The van der Waals surface area contributed by atoms with E-state index in [4.69, 9.17) is 23.2 Å². The van der Waals surface area contributed by atoms with Crippen LogP contribution >= 0.6 is 34.5 Å². The first-order valence-electron chi connectivity index (χ1n) is 6.37. The number of aliphatic imine (C=N–C) groups is 1. The lowest BCUT2D eigenvalue weighted by Crippen LogP contribution is -1.84. The molecule has 0 spiro atoms. The van der Waals surface area contributed by atoms with Gasteiger partial charge in [0.25, 0.3) is 0 Å². The van der Waals surface area contributed by atoms with Crippen LogP contribution in [0.15, 0.2) is 17.1 Å². The predicted molar refractivity (Wildman–Crippen MR) is 86.4 cm³/mol. The second-order valence-electron chi connectivity index (χ2n) is 4.73. The number of fused-ring (bicyclic) bond motifs is 1. The topological polar surface area (TPSA) is 56.4 Å². The summed E-state index contributed by atoms with van der Waals surface area (Å²) in [5, 5.41) is 20.5. The van der Waals surface area contributed by atoms with E-state index in [1.807, 2.05) is 0 Å². The average molecular weight is 337 g/mol. The molecule has 1 aromatic carbocycles. The third-order valence-electron chi connectivity index (χ3n) is 3.39. The molecule has 21 heavy (non-hydrogen) atoms. The molecule has 0 saturated heterocycles. The van der Waals surface area contributed by atoms with Gasteiger partial charge in [0, 0.05) is 21.7 Å². The molecular formula is C15H10Cl2N2OS. The smallest absolute Gasteiger partial charge is 0.143 e. The van der Waals surface area contributed by atoms with Gasteiger partial charge >= 0.3 is 0 Å². The minimum absolute atomic E-state index is 0.0626. The molecule has 1 aliphatic rings. The molecule has 0 saturated carbocycles. The number of rotatable bonds is 2. The number of aromatic hydroxyl groups is 1. The fourth-order valence-corrected chi connectivity index (χ4v) is 4.10. The molecule has 3 rings (SSSR count). The Hall–Kier alpha value is -1.54. The van der Waals surface area contributed by atoms with E-state index in [1.165, 1.54) is 28.5 Å². The van der Waals surface area contributed by atoms with Crippen molar-refractivity contribution in [2.24, 2.45) is 4.99 Å². The normalized spacial score (nSPS) is 13.6. The van der Waals surface area contributed by atoms with E-state index >= 15 is 0 Å². The van der Waals surface area contributed by atoms with Gasteiger partial charge in [-0.2, -0.15) is 5.26 Å². The maximum Gasteiger partial charge on any atom is 0.143 e. The monoisotopic (exact) mass is 336 g/mol. The number of aryl methyl sites for hydroxylation is 1. The molecule has 6 heteroatoms. The third-order valence-corrected chi connectivity index (χ3v) is 5.10. The highest BCUT2D eigenvalue weighted by molar-refractivity contribution is 7.16. The Balaban J connectivity index is 2.00. The second kappa shape index (κ2) is 5.69. The highest BCUT2D eigenvalue weighted by Gasteiger charge is 2.21. The van der Waals surface area contributed by atoms with E-state index in [9.17, 15) is 10.4 Å². The zero-order valence-corrected chi connectivity index (χ0v) is 13.2. The molecule has 1 aliphatic carbocycles. The summed E-state index contributed by atoms with van der Waals surface area (Å²) < 4.78 is 0. The van der Waals surface area contributed by atoms with E-state index in [0.717, 1.165) is 24.8 Å². The maximum atomic E-state index is 9.90. The quantitative estimate of drug-likeness (QED) is 0.795. The molecule has 1 aromatic heterocycles. The summed E-state index contributed by atoms with van der Waals surface area (Å²) >= 11 is 13.3. The van der Waals surface area contributed by atoms with Crippen LogP contribution in [0.1, 0.15) is 28.0 Å². The van der Waals surface area contributed by atoms with Crippen molar-refractivity contribution in [2.45, 2.75) is 19.3 Å². The fourth-order valence-electron chi connectivity index (χ4n) is 2.41. The molecule has 3 nitrogen and oxygen atoms in total. The third kappa shape index (κ3) is 2.65. The number of hydrogen-bond acceptors (Lipinski definition) is 4. The molecular weight excluding hydrogens is 327 g/mol. The predicted octanol–water partition coefficient (Wildman–Crippen LogP) is 4.87. The van der Waals surface area contributed by atoms with Crippen LogP contribution in [0.25, 0.3) is 0 Å². The summed E-state index contributed by atoms with van der Waals surface area (Å²) in [7, 11) is 0. The Labute approximate surface area is 136 Å². The Kier molecular flexibility index (Phi) is 3.90. The van der Waals surface area contributed by atoms with Crippen molar-refractivity contribution in [3.63, 3.8) is 0 Å². The van der Waals surface area contributed by atoms with Crippen LogP contribution in [0.2, 0.25) is 10.0 Å². The molecule has 2 aromatic rings.